The second-order valence-electron chi connectivity index (χ2n) is 5.23. The first-order valence-corrected chi connectivity index (χ1v) is 8.18. The summed E-state index contributed by atoms with van der Waals surface area (Å²) in [5, 5.41) is 3.79. The molecule has 1 aromatic heterocycles. The number of nitrogen functional groups attached to an aromatic ring is 1. The largest absolute Gasteiger partial charge is 0.497 e. The summed E-state index contributed by atoms with van der Waals surface area (Å²) in [6.07, 6.45) is 0. The van der Waals surface area contributed by atoms with Crippen LogP contribution >= 0.6 is 11.3 Å². The lowest BCUT2D eigenvalue weighted by Gasteiger charge is -2.08. The molecule has 0 amide bonds. The molecule has 0 saturated heterocycles. The lowest BCUT2D eigenvalue weighted by molar-refractivity contribution is 0.104. The van der Waals surface area contributed by atoms with Gasteiger partial charge in [-0.1, -0.05) is 41.7 Å². The van der Waals surface area contributed by atoms with Gasteiger partial charge in [0.05, 0.1) is 7.11 Å². The van der Waals surface area contributed by atoms with Gasteiger partial charge in [0.15, 0.2) is 5.13 Å². The van der Waals surface area contributed by atoms with E-state index in [9.17, 15) is 4.79 Å². The van der Waals surface area contributed by atoms with E-state index in [1.54, 1.807) is 19.2 Å². The number of ether oxygens (including phenoxy) is 1. The van der Waals surface area contributed by atoms with Crippen molar-refractivity contribution in [1.29, 1.82) is 0 Å². The molecule has 122 valence electrons. The third kappa shape index (κ3) is 3.23. The molecule has 6 heteroatoms. The minimum Gasteiger partial charge on any atom is -0.497 e. The number of nitrogens with zero attached hydrogens (tertiary/aromatic N) is 1. The molecule has 3 rings (SSSR count). The predicted molar refractivity (Wildman–Crippen MR) is 97.4 cm³/mol. The molecule has 0 aliphatic heterocycles. The lowest BCUT2D eigenvalue weighted by atomic mass is 10.1. The molecule has 3 aromatic rings. The highest BCUT2D eigenvalue weighted by atomic mass is 32.1. The summed E-state index contributed by atoms with van der Waals surface area (Å²) in [5.41, 5.74) is 8.44. The van der Waals surface area contributed by atoms with Crippen LogP contribution in [0.25, 0.3) is 0 Å². The van der Waals surface area contributed by atoms with Crippen LogP contribution in [0.1, 0.15) is 20.8 Å². The number of carbonyl (C=O) groups excluding carboxylic acids is 1. The molecule has 3 N–H and O–H groups in total. The van der Waals surface area contributed by atoms with E-state index >= 15 is 0 Å². The standard InChI is InChI=1S/C18H17N3O2S/c1-11-10-13(23-2)8-9-14(11)20-18-21-17(19)16(24-18)15(22)12-6-4-3-5-7-12/h3-10H,19H2,1-2H3,(H,20,21). The minimum absolute atomic E-state index is 0.120. The van der Waals surface area contributed by atoms with Crippen molar-refractivity contribution in [3.63, 3.8) is 0 Å². The van der Waals surface area contributed by atoms with Crippen molar-refractivity contribution in [1.82, 2.24) is 4.98 Å². The molecule has 24 heavy (non-hydrogen) atoms. The summed E-state index contributed by atoms with van der Waals surface area (Å²) in [6.45, 7) is 1.97. The molecule has 0 radical (unpaired) electrons. The Bertz CT molecular complexity index is 875. The van der Waals surface area contributed by atoms with Gasteiger partial charge in [-0.15, -0.1) is 0 Å². The number of hydrogen-bond acceptors (Lipinski definition) is 6. The van der Waals surface area contributed by atoms with E-state index in [2.05, 4.69) is 10.3 Å². The summed E-state index contributed by atoms with van der Waals surface area (Å²) >= 11 is 1.25. The molecular weight excluding hydrogens is 322 g/mol. The molecule has 0 fully saturated rings. The van der Waals surface area contributed by atoms with E-state index in [0.29, 0.717) is 15.6 Å². The van der Waals surface area contributed by atoms with Gasteiger partial charge in [-0.05, 0) is 30.7 Å². The predicted octanol–water partition coefficient (Wildman–Crippen LogP) is 4.02. The molecule has 0 aliphatic carbocycles. The van der Waals surface area contributed by atoms with Gasteiger partial charge in [0.25, 0.3) is 0 Å². The van der Waals surface area contributed by atoms with Gasteiger partial charge < -0.3 is 15.8 Å². The molecule has 0 saturated carbocycles. The second-order valence-corrected chi connectivity index (χ2v) is 6.23. The van der Waals surface area contributed by atoms with Crippen molar-refractivity contribution in [3.05, 3.63) is 64.5 Å². The van der Waals surface area contributed by atoms with Crippen LogP contribution in [0.3, 0.4) is 0 Å². The van der Waals surface area contributed by atoms with Crippen LogP contribution < -0.4 is 15.8 Å². The van der Waals surface area contributed by atoms with Gasteiger partial charge in [0.1, 0.15) is 16.4 Å². The average molecular weight is 339 g/mol. The quantitative estimate of drug-likeness (QED) is 0.687. The van der Waals surface area contributed by atoms with Crippen molar-refractivity contribution in [2.45, 2.75) is 6.92 Å². The fourth-order valence-electron chi connectivity index (χ4n) is 2.29. The third-order valence-electron chi connectivity index (χ3n) is 3.57. The number of thiazole rings is 1. The molecule has 0 aliphatic rings. The Balaban J connectivity index is 1.85. The number of hydrogen-bond donors (Lipinski definition) is 2. The van der Waals surface area contributed by atoms with Crippen molar-refractivity contribution in [2.75, 3.05) is 18.2 Å². The number of aromatic nitrogens is 1. The molecule has 0 spiro atoms. The summed E-state index contributed by atoms with van der Waals surface area (Å²) in [6, 6.07) is 14.7. The zero-order chi connectivity index (χ0) is 17.1. The summed E-state index contributed by atoms with van der Waals surface area (Å²) < 4.78 is 5.20. The SMILES string of the molecule is COc1ccc(Nc2nc(N)c(C(=O)c3ccccc3)s2)c(C)c1. The maximum absolute atomic E-state index is 12.5. The smallest absolute Gasteiger partial charge is 0.206 e. The number of anilines is 3. The van der Waals surface area contributed by atoms with Gasteiger partial charge in [-0.3, -0.25) is 4.79 Å². The van der Waals surface area contributed by atoms with Crippen LogP contribution in [0.4, 0.5) is 16.6 Å². The molecular formula is C18H17N3O2S. The Hall–Kier alpha value is -2.86. The fraction of sp³-hybridized carbons (Fsp3) is 0.111. The molecule has 0 unspecified atom stereocenters. The number of aryl methyl sites for hydroxylation is 1. The molecule has 0 atom stereocenters. The number of carbonyl (C=O) groups is 1. The Labute approximate surface area is 144 Å². The highest BCUT2D eigenvalue weighted by molar-refractivity contribution is 7.18. The van der Waals surface area contributed by atoms with Gasteiger partial charge in [0, 0.05) is 11.3 Å². The highest BCUT2D eigenvalue weighted by Crippen LogP contribution is 2.31. The van der Waals surface area contributed by atoms with E-state index in [4.69, 9.17) is 10.5 Å². The van der Waals surface area contributed by atoms with E-state index in [1.807, 2.05) is 43.3 Å². The Morgan fingerprint density at radius 3 is 2.62 bits per heavy atom. The third-order valence-corrected chi connectivity index (χ3v) is 4.56. The van der Waals surface area contributed by atoms with Crippen molar-refractivity contribution >= 4 is 33.8 Å². The highest BCUT2D eigenvalue weighted by Gasteiger charge is 2.18. The molecule has 2 aromatic carbocycles. The van der Waals surface area contributed by atoms with Crippen molar-refractivity contribution < 1.29 is 9.53 Å². The molecule has 0 bridgehead atoms. The first kappa shape index (κ1) is 16.0. The summed E-state index contributed by atoms with van der Waals surface area (Å²) in [5.74, 6) is 0.907. The van der Waals surface area contributed by atoms with E-state index in [1.165, 1.54) is 11.3 Å². The Morgan fingerprint density at radius 1 is 1.21 bits per heavy atom. The number of rotatable bonds is 5. The maximum atomic E-state index is 12.5. The normalized spacial score (nSPS) is 10.4. The average Bonchev–Trinajstić information content (AvgIpc) is 2.97. The van der Waals surface area contributed by atoms with Gasteiger partial charge in [-0.2, -0.15) is 0 Å². The maximum Gasteiger partial charge on any atom is 0.206 e. The number of benzene rings is 2. The van der Waals surface area contributed by atoms with Crippen LogP contribution in [0.2, 0.25) is 0 Å². The number of methoxy groups -OCH3 is 1. The molecule has 1 heterocycles. The molecule has 5 nitrogen and oxygen atoms in total. The zero-order valence-corrected chi connectivity index (χ0v) is 14.2. The van der Waals surface area contributed by atoms with Gasteiger partial charge in [-0.25, -0.2) is 4.98 Å². The van der Waals surface area contributed by atoms with Crippen LogP contribution in [-0.2, 0) is 0 Å². The van der Waals surface area contributed by atoms with Crippen molar-refractivity contribution in [3.8, 4) is 5.75 Å². The Morgan fingerprint density at radius 2 is 1.96 bits per heavy atom. The monoisotopic (exact) mass is 339 g/mol. The van der Waals surface area contributed by atoms with Crippen LogP contribution in [-0.4, -0.2) is 17.9 Å². The summed E-state index contributed by atoms with van der Waals surface area (Å²) in [4.78, 5) is 17.2. The lowest BCUT2D eigenvalue weighted by Crippen LogP contribution is -2.02. The van der Waals surface area contributed by atoms with Crippen LogP contribution in [0.15, 0.2) is 48.5 Å². The zero-order valence-electron chi connectivity index (χ0n) is 13.4. The van der Waals surface area contributed by atoms with Crippen LogP contribution in [0, 0.1) is 6.92 Å². The number of nitrogens with one attached hydrogen (secondary N) is 1. The van der Waals surface area contributed by atoms with Gasteiger partial charge >= 0.3 is 0 Å². The fourth-order valence-corrected chi connectivity index (χ4v) is 3.15. The Kier molecular flexibility index (Phi) is 4.48. The first-order valence-electron chi connectivity index (χ1n) is 7.36. The van der Waals surface area contributed by atoms with E-state index in [0.717, 1.165) is 17.0 Å². The topological polar surface area (TPSA) is 77.2 Å². The first-order chi connectivity index (χ1) is 11.6. The minimum atomic E-state index is -0.120. The van der Waals surface area contributed by atoms with E-state index in [-0.39, 0.29) is 11.6 Å². The van der Waals surface area contributed by atoms with E-state index < -0.39 is 0 Å². The van der Waals surface area contributed by atoms with Crippen molar-refractivity contribution in [2.24, 2.45) is 0 Å². The number of ketones is 1. The second kappa shape index (κ2) is 6.72. The number of nitrogens with two attached hydrogens (primary N) is 1. The van der Waals surface area contributed by atoms with Gasteiger partial charge in [0.2, 0.25) is 5.78 Å². The summed E-state index contributed by atoms with van der Waals surface area (Å²) in [7, 11) is 1.63. The van der Waals surface area contributed by atoms with Crippen LogP contribution in [0.5, 0.6) is 5.75 Å².